The van der Waals surface area contributed by atoms with Gasteiger partial charge >= 0.3 is 0 Å². The Balaban J connectivity index is 2.18. The summed E-state index contributed by atoms with van der Waals surface area (Å²) < 4.78 is 15.2. The Kier molecular flexibility index (Phi) is 4.34. The maximum atomic E-state index is 13.5. The van der Waals surface area contributed by atoms with Crippen LogP contribution in [0, 0.1) is 9.39 Å². The second-order valence-corrected chi connectivity index (χ2v) is 5.75. The van der Waals surface area contributed by atoms with Crippen molar-refractivity contribution in [1.29, 1.82) is 0 Å². The molecule has 2 aromatic carbocycles. The van der Waals surface area contributed by atoms with E-state index in [-0.39, 0.29) is 11.6 Å². The quantitative estimate of drug-likeness (QED) is 0.716. The van der Waals surface area contributed by atoms with E-state index in [0.29, 0.717) is 10.0 Å². The van der Waals surface area contributed by atoms with Crippen LogP contribution in [0.3, 0.4) is 0 Å². The molecule has 1 N–H and O–H groups in total. The molecule has 2 nitrogen and oxygen atoms in total. The first-order chi connectivity index (χ1) is 8.56. The third kappa shape index (κ3) is 3.29. The lowest BCUT2D eigenvalue weighted by Crippen LogP contribution is -2.12. The second-order valence-electron chi connectivity index (χ2n) is 3.59. The first-order valence-corrected chi connectivity index (χ1v) is 6.95. The molecule has 18 heavy (non-hydrogen) atoms. The Morgan fingerprint density at radius 1 is 1.17 bits per heavy atom. The number of halogens is 3. The summed E-state index contributed by atoms with van der Waals surface area (Å²) in [4.78, 5) is 11.9. The van der Waals surface area contributed by atoms with Crippen molar-refractivity contribution < 1.29 is 9.18 Å². The lowest BCUT2D eigenvalue weighted by Gasteiger charge is -2.06. The molecule has 0 atom stereocenters. The van der Waals surface area contributed by atoms with Crippen LogP contribution in [-0.2, 0) is 0 Å². The van der Waals surface area contributed by atoms with Crippen LogP contribution in [0.5, 0.6) is 0 Å². The molecule has 0 aliphatic heterocycles. The maximum Gasteiger partial charge on any atom is 0.255 e. The van der Waals surface area contributed by atoms with Crippen LogP contribution in [0.4, 0.5) is 10.1 Å². The molecule has 0 saturated carbocycles. The predicted octanol–water partition coefficient (Wildman–Crippen LogP) is 4.45. The second kappa shape index (κ2) is 5.79. The highest BCUT2D eigenvalue weighted by molar-refractivity contribution is 14.1. The van der Waals surface area contributed by atoms with E-state index in [2.05, 4.69) is 43.8 Å². The van der Waals surface area contributed by atoms with Crippen LogP contribution in [0.2, 0.25) is 0 Å². The Bertz CT molecular complexity index is 586. The van der Waals surface area contributed by atoms with Crippen LogP contribution in [0.15, 0.2) is 46.9 Å². The van der Waals surface area contributed by atoms with Gasteiger partial charge in [-0.15, -0.1) is 0 Å². The lowest BCUT2D eigenvalue weighted by atomic mass is 10.2. The number of hydrogen-bond donors (Lipinski definition) is 1. The van der Waals surface area contributed by atoms with Gasteiger partial charge in [0, 0.05) is 13.6 Å². The van der Waals surface area contributed by atoms with Gasteiger partial charge in [0.2, 0.25) is 0 Å². The topological polar surface area (TPSA) is 29.1 Å². The fourth-order valence-electron chi connectivity index (χ4n) is 1.39. The van der Waals surface area contributed by atoms with Gasteiger partial charge in [-0.05, 0) is 65.1 Å². The summed E-state index contributed by atoms with van der Waals surface area (Å²) in [5.74, 6) is -0.796. The summed E-state index contributed by atoms with van der Waals surface area (Å²) in [5, 5.41) is 2.54. The van der Waals surface area contributed by atoms with Crippen molar-refractivity contribution in [2.45, 2.75) is 0 Å². The fourth-order valence-corrected chi connectivity index (χ4v) is 2.08. The molecule has 5 heteroatoms. The summed E-state index contributed by atoms with van der Waals surface area (Å²) in [5.41, 5.74) is 0.666. The van der Waals surface area contributed by atoms with E-state index >= 15 is 0 Å². The minimum absolute atomic E-state index is 0.168. The first kappa shape index (κ1) is 13.5. The standard InChI is InChI=1S/C13H8BrFINO/c14-9-3-6-12(11(15)7-9)17-13(18)8-1-4-10(16)5-2-8/h1-7H,(H,17,18). The Morgan fingerprint density at radius 3 is 2.44 bits per heavy atom. The molecule has 0 unspecified atom stereocenters. The van der Waals surface area contributed by atoms with Gasteiger partial charge in [0.1, 0.15) is 5.82 Å². The molecule has 0 radical (unpaired) electrons. The summed E-state index contributed by atoms with van der Waals surface area (Å²) >= 11 is 5.32. The van der Waals surface area contributed by atoms with Gasteiger partial charge in [-0.3, -0.25) is 4.79 Å². The Morgan fingerprint density at radius 2 is 1.83 bits per heavy atom. The number of carbonyl (C=O) groups is 1. The Labute approximate surface area is 126 Å². The van der Waals surface area contributed by atoms with E-state index in [9.17, 15) is 9.18 Å². The summed E-state index contributed by atoms with van der Waals surface area (Å²) in [6.45, 7) is 0. The molecule has 0 saturated heterocycles. The number of anilines is 1. The van der Waals surface area contributed by atoms with Gasteiger partial charge in [0.25, 0.3) is 5.91 Å². The average Bonchev–Trinajstić information content (AvgIpc) is 2.33. The molecule has 1 amide bonds. The number of benzene rings is 2. The first-order valence-electron chi connectivity index (χ1n) is 5.08. The van der Waals surface area contributed by atoms with Gasteiger partial charge in [0.15, 0.2) is 0 Å². The summed E-state index contributed by atoms with van der Waals surface area (Å²) in [6.07, 6.45) is 0. The van der Waals surface area contributed by atoms with Gasteiger partial charge in [-0.25, -0.2) is 4.39 Å². The van der Waals surface area contributed by atoms with Gasteiger partial charge in [-0.1, -0.05) is 15.9 Å². The smallest absolute Gasteiger partial charge is 0.255 e. The summed E-state index contributed by atoms with van der Waals surface area (Å²) in [6, 6.07) is 11.6. The molecule has 0 aliphatic rings. The SMILES string of the molecule is O=C(Nc1ccc(Br)cc1F)c1ccc(I)cc1. The van der Waals surface area contributed by atoms with E-state index < -0.39 is 5.82 Å². The van der Waals surface area contributed by atoms with Crippen molar-refractivity contribution in [3.05, 3.63) is 61.9 Å². The summed E-state index contributed by atoms with van der Waals surface area (Å²) in [7, 11) is 0. The van der Waals surface area contributed by atoms with Crippen LogP contribution in [0.25, 0.3) is 0 Å². The zero-order chi connectivity index (χ0) is 13.1. The number of rotatable bonds is 2. The van der Waals surface area contributed by atoms with Crippen LogP contribution < -0.4 is 5.32 Å². The van der Waals surface area contributed by atoms with E-state index in [1.54, 1.807) is 18.2 Å². The molecule has 0 aliphatic carbocycles. The molecular formula is C13H8BrFINO. The highest BCUT2D eigenvalue weighted by Crippen LogP contribution is 2.20. The zero-order valence-corrected chi connectivity index (χ0v) is 12.8. The van der Waals surface area contributed by atoms with Crippen LogP contribution in [0.1, 0.15) is 10.4 Å². The lowest BCUT2D eigenvalue weighted by molar-refractivity contribution is 0.102. The molecule has 0 aromatic heterocycles. The third-order valence-electron chi connectivity index (χ3n) is 2.29. The molecule has 92 valence electrons. The number of nitrogens with one attached hydrogen (secondary N) is 1. The number of hydrogen-bond acceptors (Lipinski definition) is 1. The van der Waals surface area contributed by atoms with E-state index in [0.717, 1.165) is 3.57 Å². The highest BCUT2D eigenvalue weighted by atomic mass is 127. The van der Waals surface area contributed by atoms with E-state index in [4.69, 9.17) is 0 Å². The molecule has 0 fully saturated rings. The average molecular weight is 420 g/mol. The Hall–Kier alpha value is -0.950. The highest BCUT2D eigenvalue weighted by Gasteiger charge is 2.09. The van der Waals surface area contributed by atoms with Gasteiger partial charge in [-0.2, -0.15) is 0 Å². The predicted molar refractivity (Wildman–Crippen MR) is 81.2 cm³/mol. The van der Waals surface area contributed by atoms with E-state index in [1.807, 2.05) is 12.1 Å². The normalized spacial score (nSPS) is 10.2. The number of amides is 1. The van der Waals surface area contributed by atoms with Crippen LogP contribution >= 0.6 is 38.5 Å². The van der Waals surface area contributed by atoms with Crippen molar-refractivity contribution in [3.63, 3.8) is 0 Å². The largest absolute Gasteiger partial charge is 0.319 e. The minimum Gasteiger partial charge on any atom is -0.319 e. The van der Waals surface area contributed by atoms with Gasteiger partial charge < -0.3 is 5.32 Å². The van der Waals surface area contributed by atoms with Crippen molar-refractivity contribution in [2.24, 2.45) is 0 Å². The molecule has 0 heterocycles. The molecule has 2 rings (SSSR count). The van der Waals surface area contributed by atoms with Crippen molar-refractivity contribution in [1.82, 2.24) is 0 Å². The van der Waals surface area contributed by atoms with E-state index in [1.165, 1.54) is 12.1 Å². The third-order valence-corrected chi connectivity index (χ3v) is 3.50. The van der Waals surface area contributed by atoms with Crippen molar-refractivity contribution >= 4 is 50.1 Å². The maximum absolute atomic E-state index is 13.5. The van der Waals surface area contributed by atoms with Crippen molar-refractivity contribution in [3.8, 4) is 0 Å². The molecular weight excluding hydrogens is 412 g/mol. The zero-order valence-electron chi connectivity index (χ0n) is 9.08. The fraction of sp³-hybridized carbons (Fsp3) is 0. The van der Waals surface area contributed by atoms with Crippen LogP contribution in [-0.4, -0.2) is 5.91 Å². The molecule has 2 aromatic rings. The van der Waals surface area contributed by atoms with Crippen molar-refractivity contribution in [2.75, 3.05) is 5.32 Å². The monoisotopic (exact) mass is 419 g/mol. The number of carbonyl (C=O) groups excluding carboxylic acids is 1. The minimum atomic E-state index is -0.469. The molecule has 0 bridgehead atoms. The van der Waals surface area contributed by atoms with Gasteiger partial charge in [0.05, 0.1) is 5.69 Å². The molecule has 0 spiro atoms.